The molecule has 0 aliphatic rings. The van der Waals surface area contributed by atoms with Crippen LogP contribution in [0.3, 0.4) is 0 Å². The molecule has 0 radical (unpaired) electrons. The molecule has 2 aromatic carbocycles. The van der Waals surface area contributed by atoms with Crippen LogP contribution in [0.25, 0.3) is 0 Å². The monoisotopic (exact) mass is 335 g/mol. The minimum absolute atomic E-state index is 0.157. The van der Waals surface area contributed by atoms with E-state index in [1.165, 1.54) is 17.7 Å². The number of hydrogen-bond donors (Lipinski definition) is 1. The number of rotatable bonds is 5. The standard InChI is InChI=1S/C19H20F3NO/c1-13(2)15-9-6-14(7-10-15)8-11-18(24)23-17-5-3-4-16(12-17)19(20,21)22/h3-7,9-10,12-13H,8,11H2,1-2H3,(H,23,24). The summed E-state index contributed by atoms with van der Waals surface area (Å²) in [6.45, 7) is 4.22. The van der Waals surface area contributed by atoms with E-state index in [0.29, 0.717) is 12.3 Å². The smallest absolute Gasteiger partial charge is 0.326 e. The van der Waals surface area contributed by atoms with E-state index in [0.717, 1.165) is 17.7 Å². The number of hydrogen-bond acceptors (Lipinski definition) is 1. The minimum atomic E-state index is -4.42. The Morgan fingerprint density at radius 2 is 1.75 bits per heavy atom. The number of alkyl halides is 3. The highest BCUT2D eigenvalue weighted by atomic mass is 19.4. The van der Waals surface area contributed by atoms with E-state index in [9.17, 15) is 18.0 Å². The summed E-state index contributed by atoms with van der Waals surface area (Å²) in [7, 11) is 0. The topological polar surface area (TPSA) is 29.1 Å². The highest BCUT2D eigenvalue weighted by molar-refractivity contribution is 5.90. The molecule has 0 unspecified atom stereocenters. The number of nitrogens with one attached hydrogen (secondary N) is 1. The van der Waals surface area contributed by atoms with Crippen molar-refractivity contribution < 1.29 is 18.0 Å². The van der Waals surface area contributed by atoms with Gasteiger partial charge in [0.25, 0.3) is 0 Å². The van der Waals surface area contributed by atoms with E-state index in [1.807, 2.05) is 24.3 Å². The zero-order valence-corrected chi connectivity index (χ0v) is 13.7. The molecule has 5 heteroatoms. The Morgan fingerprint density at radius 3 is 2.33 bits per heavy atom. The van der Waals surface area contributed by atoms with Crippen molar-refractivity contribution in [1.29, 1.82) is 0 Å². The lowest BCUT2D eigenvalue weighted by Gasteiger charge is -2.10. The number of amides is 1. The molecule has 1 N–H and O–H groups in total. The molecule has 2 rings (SSSR count). The van der Waals surface area contributed by atoms with E-state index < -0.39 is 11.7 Å². The summed E-state index contributed by atoms with van der Waals surface area (Å²) >= 11 is 0. The lowest BCUT2D eigenvalue weighted by molar-refractivity contribution is -0.137. The van der Waals surface area contributed by atoms with E-state index >= 15 is 0 Å². The van der Waals surface area contributed by atoms with Gasteiger partial charge < -0.3 is 5.32 Å². The Kier molecular flexibility index (Phi) is 5.65. The van der Waals surface area contributed by atoms with Crippen LogP contribution in [0, 0.1) is 0 Å². The zero-order chi connectivity index (χ0) is 17.7. The van der Waals surface area contributed by atoms with Gasteiger partial charge in [0.2, 0.25) is 5.91 Å². The van der Waals surface area contributed by atoms with Crippen LogP contribution in [0.2, 0.25) is 0 Å². The summed E-state index contributed by atoms with van der Waals surface area (Å²) in [5, 5.41) is 2.52. The third kappa shape index (κ3) is 5.11. The van der Waals surface area contributed by atoms with Crippen LogP contribution < -0.4 is 5.32 Å². The third-order valence-corrected chi connectivity index (χ3v) is 3.76. The summed E-state index contributed by atoms with van der Waals surface area (Å²) in [6.07, 6.45) is -3.65. The Labute approximate surface area is 139 Å². The molecule has 0 atom stereocenters. The molecular formula is C19H20F3NO. The Morgan fingerprint density at radius 1 is 1.08 bits per heavy atom. The fourth-order valence-corrected chi connectivity index (χ4v) is 2.32. The quantitative estimate of drug-likeness (QED) is 0.779. The van der Waals surface area contributed by atoms with Crippen molar-refractivity contribution in [2.24, 2.45) is 0 Å². The van der Waals surface area contributed by atoms with Crippen LogP contribution in [0.5, 0.6) is 0 Å². The van der Waals surface area contributed by atoms with Crippen molar-refractivity contribution in [2.75, 3.05) is 5.32 Å². The first-order valence-electron chi connectivity index (χ1n) is 7.81. The van der Waals surface area contributed by atoms with Crippen molar-refractivity contribution in [3.05, 3.63) is 65.2 Å². The van der Waals surface area contributed by atoms with Gasteiger partial charge in [-0.25, -0.2) is 0 Å². The maximum absolute atomic E-state index is 12.7. The molecule has 0 aliphatic heterocycles. The number of anilines is 1. The van der Waals surface area contributed by atoms with Crippen LogP contribution in [-0.2, 0) is 17.4 Å². The molecular weight excluding hydrogens is 315 g/mol. The molecule has 128 valence electrons. The van der Waals surface area contributed by atoms with E-state index in [2.05, 4.69) is 19.2 Å². The van der Waals surface area contributed by atoms with Gasteiger partial charge in [0.05, 0.1) is 5.56 Å². The van der Waals surface area contributed by atoms with Crippen molar-refractivity contribution in [3.63, 3.8) is 0 Å². The number of halogens is 3. The van der Waals surface area contributed by atoms with Gasteiger partial charge >= 0.3 is 6.18 Å². The molecule has 0 spiro atoms. The van der Waals surface area contributed by atoms with Crippen LogP contribution >= 0.6 is 0 Å². The Hall–Kier alpha value is -2.30. The summed E-state index contributed by atoms with van der Waals surface area (Å²) in [6, 6.07) is 12.7. The fraction of sp³-hybridized carbons (Fsp3) is 0.316. The molecule has 0 aromatic heterocycles. The highest BCUT2D eigenvalue weighted by Crippen LogP contribution is 2.30. The van der Waals surface area contributed by atoms with Crippen LogP contribution in [-0.4, -0.2) is 5.91 Å². The largest absolute Gasteiger partial charge is 0.416 e. The first-order chi connectivity index (χ1) is 11.3. The van der Waals surface area contributed by atoms with Crippen molar-refractivity contribution in [2.45, 2.75) is 38.8 Å². The van der Waals surface area contributed by atoms with E-state index in [-0.39, 0.29) is 18.0 Å². The van der Waals surface area contributed by atoms with Gasteiger partial charge in [-0.15, -0.1) is 0 Å². The number of carbonyl (C=O) groups excluding carboxylic acids is 1. The second-order valence-corrected chi connectivity index (χ2v) is 6.02. The van der Waals surface area contributed by atoms with Crippen molar-refractivity contribution in [3.8, 4) is 0 Å². The Balaban J connectivity index is 1.92. The van der Waals surface area contributed by atoms with Gasteiger partial charge in [0, 0.05) is 12.1 Å². The maximum Gasteiger partial charge on any atom is 0.416 e. The third-order valence-electron chi connectivity index (χ3n) is 3.76. The Bertz CT molecular complexity index is 691. The number of aryl methyl sites for hydroxylation is 1. The zero-order valence-electron chi connectivity index (χ0n) is 13.7. The van der Waals surface area contributed by atoms with Gasteiger partial charge in [-0.2, -0.15) is 13.2 Å². The summed E-state index contributed by atoms with van der Waals surface area (Å²) in [5.74, 6) is 0.144. The molecule has 0 saturated heterocycles. The second-order valence-electron chi connectivity index (χ2n) is 6.02. The molecule has 0 heterocycles. The molecule has 0 fully saturated rings. The summed E-state index contributed by atoms with van der Waals surface area (Å²) < 4.78 is 38.0. The second kappa shape index (κ2) is 7.51. The van der Waals surface area contributed by atoms with Gasteiger partial charge in [-0.05, 0) is 41.7 Å². The maximum atomic E-state index is 12.7. The summed E-state index contributed by atoms with van der Waals surface area (Å²) in [4.78, 5) is 11.9. The first kappa shape index (κ1) is 18.0. The molecule has 1 amide bonds. The average molecular weight is 335 g/mol. The SMILES string of the molecule is CC(C)c1ccc(CCC(=O)Nc2cccc(C(F)(F)F)c2)cc1. The highest BCUT2D eigenvalue weighted by Gasteiger charge is 2.30. The molecule has 2 nitrogen and oxygen atoms in total. The lowest BCUT2D eigenvalue weighted by Crippen LogP contribution is -2.13. The minimum Gasteiger partial charge on any atom is -0.326 e. The van der Waals surface area contributed by atoms with Gasteiger partial charge in [0.15, 0.2) is 0 Å². The number of benzene rings is 2. The molecule has 24 heavy (non-hydrogen) atoms. The average Bonchev–Trinajstić information content (AvgIpc) is 2.53. The molecule has 0 bridgehead atoms. The van der Waals surface area contributed by atoms with Crippen LogP contribution in [0.15, 0.2) is 48.5 Å². The predicted molar refractivity (Wildman–Crippen MR) is 88.9 cm³/mol. The molecule has 0 aliphatic carbocycles. The van der Waals surface area contributed by atoms with Crippen LogP contribution in [0.1, 0.15) is 42.9 Å². The van der Waals surface area contributed by atoms with Crippen molar-refractivity contribution in [1.82, 2.24) is 0 Å². The molecule has 0 saturated carbocycles. The van der Waals surface area contributed by atoms with E-state index in [1.54, 1.807) is 0 Å². The van der Waals surface area contributed by atoms with Gasteiger partial charge in [0.1, 0.15) is 0 Å². The normalized spacial score (nSPS) is 11.6. The first-order valence-corrected chi connectivity index (χ1v) is 7.81. The molecule has 2 aromatic rings. The van der Waals surface area contributed by atoms with E-state index in [4.69, 9.17) is 0 Å². The fourth-order valence-electron chi connectivity index (χ4n) is 2.32. The lowest BCUT2D eigenvalue weighted by atomic mass is 10.0. The van der Waals surface area contributed by atoms with Crippen molar-refractivity contribution >= 4 is 11.6 Å². The number of carbonyl (C=O) groups is 1. The van der Waals surface area contributed by atoms with Crippen LogP contribution in [0.4, 0.5) is 18.9 Å². The summed E-state index contributed by atoms with van der Waals surface area (Å²) in [5.41, 5.74) is 1.64. The van der Waals surface area contributed by atoms with Gasteiger partial charge in [-0.1, -0.05) is 44.2 Å². The van der Waals surface area contributed by atoms with Gasteiger partial charge in [-0.3, -0.25) is 4.79 Å². The predicted octanol–water partition coefficient (Wildman–Crippen LogP) is 5.40.